The molecule has 2 fully saturated rings. The van der Waals surface area contributed by atoms with Gasteiger partial charge in [0.1, 0.15) is 10.4 Å². The number of hydrogen-bond acceptors (Lipinski definition) is 8. The summed E-state index contributed by atoms with van der Waals surface area (Å²) in [6, 6.07) is 6.26. The zero-order valence-electron chi connectivity index (χ0n) is 21.4. The molecule has 2 aromatic rings. The van der Waals surface area contributed by atoms with E-state index in [9.17, 15) is 9.35 Å². The molecule has 0 bridgehead atoms. The Morgan fingerprint density at radius 1 is 1.25 bits per heavy atom. The maximum atomic E-state index is 12.8. The van der Waals surface area contributed by atoms with E-state index in [0.29, 0.717) is 5.70 Å². The Labute approximate surface area is 220 Å². The summed E-state index contributed by atoms with van der Waals surface area (Å²) in [6.45, 7) is 7.79. The molecule has 0 amide bonds. The highest BCUT2D eigenvalue weighted by Crippen LogP contribution is 2.47. The highest BCUT2D eigenvalue weighted by atomic mass is 32.2. The molecular weight excluding hydrogens is 492 g/mol. The van der Waals surface area contributed by atoms with Crippen molar-refractivity contribution in [2.75, 3.05) is 20.1 Å². The van der Waals surface area contributed by atoms with Gasteiger partial charge < -0.3 is 14.4 Å². The third-order valence-electron chi connectivity index (χ3n) is 7.62. The molecule has 1 unspecified atom stereocenters. The van der Waals surface area contributed by atoms with Crippen LogP contribution in [0.3, 0.4) is 0 Å². The first-order valence-corrected chi connectivity index (χ1v) is 14.5. The van der Waals surface area contributed by atoms with Crippen LogP contribution in [0.15, 0.2) is 57.3 Å². The van der Waals surface area contributed by atoms with Crippen LogP contribution in [0.2, 0.25) is 0 Å². The lowest BCUT2D eigenvalue weighted by molar-refractivity contribution is 0.122. The topological polar surface area (TPSA) is 88.3 Å². The molecule has 2 atom stereocenters. The minimum Gasteiger partial charge on any atom is -0.598 e. The quantitative estimate of drug-likeness (QED) is 0.476. The van der Waals surface area contributed by atoms with E-state index in [0.717, 1.165) is 53.6 Å². The maximum absolute atomic E-state index is 12.8. The maximum Gasteiger partial charge on any atom is 0.206 e. The Kier molecular flexibility index (Phi) is 7.00. The van der Waals surface area contributed by atoms with Crippen molar-refractivity contribution in [2.45, 2.75) is 68.6 Å². The van der Waals surface area contributed by atoms with Crippen LogP contribution in [-0.2, 0) is 16.2 Å². The number of rotatable bonds is 4. The summed E-state index contributed by atoms with van der Waals surface area (Å²) in [7, 11) is 1.89. The molecule has 1 spiro atoms. The summed E-state index contributed by atoms with van der Waals surface area (Å²) in [5.74, 6) is 2.94. The smallest absolute Gasteiger partial charge is 0.206 e. The Bertz CT molecular complexity index is 1230. The lowest BCUT2D eigenvalue weighted by Gasteiger charge is -2.45. The van der Waals surface area contributed by atoms with Crippen molar-refractivity contribution in [2.24, 2.45) is 10.4 Å². The first-order valence-electron chi connectivity index (χ1n) is 12.5. The average Bonchev–Trinajstić information content (AvgIpc) is 3.46. The normalized spacial score (nSPS) is 23.1. The van der Waals surface area contributed by atoms with Crippen LogP contribution in [0.5, 0.6) is 0 Å². The molecular formula is C26H34N6O2S2. The van der Waals surface area contributed by atoms with E-state index in [2.05, 4.69) is 20.7 Å². The van der Waals surface area contributed by atoms with E-state index < -0.39 is 11.4 Å². The van der Waals surface area contributed by atoms with Gasteiger partial charge in [0.25, 0.3) is 0 Å². The summed E-state index contributed by atoms with van der Waals surface area (Å²) >= 11 is 0.444. The van der Waals surface area contributed by atoms with Gasteiger partial charge >= 0.3 is 0 Å². The second-order valence-corrected chi connectivity index (χ2v) is 14.0. The fourth-order valence-corrected chi connectivity index (χ4v) is 7.41. The van der Waals surface area contributed by atoms with Gasteiger partial charge in [-0.25, -0.2) is 14.3 Å². The van der Waals surface area contributed by atoms with Crippen LogP contribution in [0.25, 0.3) is 5.52 Å². The zero-order chi connectivity index (χ0) is 25.5. The van der Waals surface area contributed by atoms with Crippen molar-refractivity contribution in [1.82, 2.24) is 24.1 Å². The number of carbonyl (C=O) groups excluding carboxylic acids is 1. The summed E-state index contributed by atoms with van der Waals surface area (Å²) in [5, 5.41) is 4.24. The summed E-state index contributed by atoms with van der Waals surface area (Å²) in [4.78, 5) is 22.7. The molecule has 8 nitrogen and oxygen atoms in total. The van der Waals surface area contributed by atoms with Crippen molar-refractivity contribution in [3.8, 4) is 0 Å². The number of nitrogens with one attached hydrogen (secondary N) is 1. The molecule has 1 aliphatic carbocycles. The predicted molar refractivity (Wildman–Crippen MR) is 145 cm³/mol. The molecule has 3 aliphatic rings. The monoisotopic (exact) mass is 526 g/mol. The van der Waals surface area contributed by atoms with Gasteiger partial charge in [-0.1, -0.05) is 18.2 Å². The average molecular weight is 527 g/mol. The number of aromatic nitrogens is 2. The molecule has 2 aliphatic heterocycles. The molecule has 0 radical (unpaired) electrons. The number of piperidine rings is 1. The number of aliphatic imine (C=N–C) groups is 1. The third-order valence-corrected chi connectivity index (χ3v) is 10.2. The number of likely N-dealkylation sites (N-methyl/N-ethyl adjacent to an activating group) is 1. The third kappa shape index (κ3) is 4.85. The standard InChI is InChI=1S/C26H34N6O2S2/c1-25(2,3)36(34)29-23-6-5-9-26(23)10-14-31(15-11-26)24-27-17-22(21(18-33)30(24)4)35-20-8-13-32-19(16-20)7-12-28-32/h7-8,12-13,16-17,23,29H,5-6,9-11,14-15H2,1-4H3/t23-,36?/m1/s1. The van der Waals surface area contributed by atoms with Crippen LogP contribution in [0.4, 0.5) is 0 Å². The molecule has 1 saturated heterocycles. The molecule has 36 heavy (non-hydrogen) atoms. The minimum atomic E-state index is -1.06. The zero-order valence-corrected chi connectivity index (χ0v) is 23.0. The number of hydrogen-bond donors (Lipinski definition) is 1. The molecule has 192 valence electrons. The first-order chi connectivity index (χ1) is 17.2. The fraction of sp³-hybridized carbons (Fsp3) is 0.538. The van der Waals surface area contributed by atoms with E-state index in [4.69, 9.17) is 4.99 Å². The number of pyridine rings is 1. The van der Waals surface area contributed by atoms with E-state index >= 15 is 0 Å². The number of fused-ring (bicyclic) bond motifs is 1. The van der Waals surface area contributed by atoms with E-state index in [1.54, 1.807) is 12.4 Å². The number of thioether (sulfide) groups is 1. The summed E-state index contributed by atoms with van der Waals surface area (Å²) < 4.78 is 17.8. The second-order valence-electron chi connectivity index (χ2n) is 10.9. The first kappa shape index (κ1) is 25.4. The number of likely N-dealkylation sites (tertiary alicyclic amines) is 1. The summed E-state index contributed by atoms with van der Waals surface area (Å²) in [5.41, 5.74) is 1.68. The lowest BCUT2D eigenvalue weighted by atomic mass is 9.74. The van der Waals surface area contributed by atoms with Gasteiger partial charge in [0.05, 0.1) is 16.5 Å². The van der Waals surface area contributed by atoms with E-state index in [1.165, 1.54) is 24.6 Å². The summed E-state index contributed by atoms with van der Waals surface area (Å²) in [6.07, 6.45) is 10.9. The van der Waals surface area contributed by atoms with Gasteiger partial charge in [-0.05, 0) is 70.1 Å². The van der Waals surface area contributed by atoms with Crippen molar-refractivity contribution >= 4 is 40.5 Å². The lowest BCUT2D eigenvalue weighted by Crippen LogP contribution is -2.55. The van der Waals surface area contributed by atoms with Gasteiger partial charge in [-0.3, -0.25) is 0 Å². The van der Waals surface area contributed by atoms with Crippen molar-refractivity contribution in [3.63, 3.8) is 0 Å². The highest BCUT2D eigenvalue weighted by Gasteiger charge is 2.48. The number of guanidine groups is 1. The molecule has 1 N–H and O–H groups in total. The molecule has 4 heterocycles. The van der Waals surface area contributed by atoms with Crippen molar-refractivity contribution < 1.29 is 9.35 Å². The van der Waals surface area contributed by atoms with Gasteiger partial charge in [-0.2, -0.15) is 5.10 Å². The highest BCUT2D eigenvalue weighted by molar-refractivity contribution is 8.03. The predicted octanol–water partition coefficient (Wildman–Crippen LogP) is 3.97. The van der Waals surface area contributed by atoms with Crippen LogP contribution in [0, 0.1) is 5.41 Å². The molecule has 2 aromatic heterocycles. The van der Waals surface area contributed by atoms with Crippen molar-refractivity contribution in [3.05, 3.63) is 47.4 Å². The van der Waals surface area contributed by atoms with E-state index in [1.807, 2.05) is 61.6 Å². The van der Waals surface area contributed by atoms with Gasteiger partial charge in [-0.15, -0.1) is 4.72 Å². The van der Waals surface area contributed by atoms with Gasteiger partial charge in [0.2, 0.25) is 5.96 Å². The second kappa shape index (κ2) is 9.91. The molecule has 10 heteroatoms. The molecule has 0 aromatic carbocycles. The largest absolute Gasteiger partial charge is 0.598 e. The van der Waals surface area contributed by atoms with Crippen LogP contribution >= 0.6 is 11.8 Å². The van der Waals surface area contributed by atoms with Crippen LogP contribution < -0.4 is 4.72 Å². The Balaban J connectivity index is 1.29. The van der Waals surface area contributed by atoms with Crippen LogP contribution in [0.1, 0.15) is 52.9 Å². The van der Waals surface area contributed by atoms with Gasteiger partial charge in [0.15, 0.2) is 5.94 Å². The van der Waals surface area contributed by atoms with Crippen molar-refractivity contribution in [1.29, 1.82) is 0 Å². The Morgan fingerprint density at radius 2 is 2.03 bits per heavy atom. The minimum absolute atomic E-state index is 0.178. The SMILES string of the molecule is CN1C(=C=O)C(Sc2ccn3nccc3c2)=CN=C1N1CCC2(CCC[C@H]2N[S+]([O-])C(C)(C)C)CC1. The number of nitrogens with zero attached hydrogens (tertiary/aromatic N) is 5. The Morgan fingerprint density at radius 3 is 2.75 bits per heavy atom. The van der Waals surface area contributed by atoms with Gasteiger partial charge in [0, 0.05) is 55.0 Å². The van der Waals surface area contributed by atoms with E-state index in [-0.39, 0.29) is 16.2 Å². The molecule has 1 saturated carbocycles. The molecule has 5 rings (SSSR count). The fourth-order valence-electron chi connectivity index (χ4n) is 5.49. The van der Waals surface area contributed by atoms with Crippen LogP contribution in [-0.4, -0.2) is 66.8 Å². The Hall–Kier alpha value is -2.23.